The van der Waals surface area contributed by atoms with Crippen molar-refractivity contribution in [2.75, 3.05) is 0 Å². The molecule has 0 aliphatic heterocycles. The van der Waals surface area contributed by atoms with Crippen molar-refractivity contribution in [2.45, 2.75) is 6.61 Å². The number of carbonyl (C=O) groups is 1. The highest BCUT2D eigenvalue weighted by atomic mass is 35.5. The zero-order valence-electron chi connectivity index (χ0n) is 9.10. The summed E-state index contributed by atoms with van der Waals surface area (Å²) >= 11 is 5.77. The van der Waals surface area contributed by atoms with Crippen LogP contribution >= 0.6 is 11.6 Å². The minimum Gasteiger partial charge on any atom is -0.489 e. The Morgan fingerprint density at radius 3 is 2.47 bits per heavy atom. The van der Waals surface area contributed by atoms with E-state index >= 15 is 0 Å². The molecular formula is C14H11ClO2. The summed E-state index contributed by atoms with van der Waals surface area (Å²) in [5.41, 5.74) is 1.53. The molecule has 2 rings (SSSR count). The van der Waals surface area contributed by atoms with Crippen molar-refractivity contribution in [1.82, 2.24) is 0 Å². The molecule has 0 amide bonds. The van der Waals surface area contributed by atoms with E-state index in [0.29, 0.717) is 17.2 Å². The molecule has 2 aromatic carbocycles. The second-order valence-electron chi connectivity index (χ2n) is 3.56. The molecule has 0 N–H and O–H groups in total. The van der Waals surface area contributed by atoms with Gasteiger partial charge in [-0.2, -0.15) is 0 Å². The van der Waals surface area contributed by atoms with E-state index in [-0.39, 0.29) is 0 Å². The van der Waals surface area contributed by atoms with Crippen LogP contribution in [0.1, 0.15) is 15.9 Å². The summed E-state index contributed by atoms with van der Waals surface area (Å²) in [6, 6.07) is 14.5. The molecule has 0 unspecified atom stereocenters. The molecule has 3 heteroatoms. The Hall–Kier alpha value is -1.80. The zero-order chi connectivity index (χ0) is 12.1. The van der Waals surface area contributed by atoms with Crippen LogP contribution in [0.15, 0.2) is 48.5 Å². The quantitative estimate of drug-likeness (QED) is 0.769. The third-order valence-electron chi connectivity index (χ3n) is 2.39. The standard InChI is InChI=1S/C14H11ClO2/c15-13-5-7-14(8-6-13)17-10-12-4-2-1-3-11(12)9-16/h1-9H,10H2. The van der Waals surface area contributed by atoms with Gasteiger partial charge in [0.2, 0.25) is 0 Å². The maximum atomic E-state index is 10.8. The van der Waals surface area contributed by atoms with Crippen molar-refractivity contribution < 1.29 is 9.53 Å². The minimum atomic E-state index is 0.372. The van der Waals surface area contributed by atoms with Gasteiger partial charge in [-0.05, 0) is 29.8 Å². The fourth-order valence-corrected chi connectivity index (χ4v) is 1.60. The highest BCUT2D eigenvalue weighted by Crippen LogP contribution is 2.17. The number of hydrogen-bond donors (Lipinski definition) is 0. The number of rotatable bonds is 4. The Bertz CT molecular complexity index is 506. The van der Waals surface area contributed by atoms with Gasteiger partial charge >= 0.3 is 0 Å². The van der Waals surface area contributed by atoms with Crippen LogP contribution in [0.3, 0.4) is 0 Å². The van der Waals surface area contributed by atoms with Crippen LogP contribution in [-0.4, -0.2) is 6.29 Å². The van der Waals surface area contributed by atoms with Gasteiger partial charge in [0.05, 0.1) is 0 Å². The lowest BCUT2D eigenvalue weighted by Gasteiger charge is -2.07. The fourth-order valence-electron chi connectivity index (χ4n) is 1.47. The second kappa shape index (κ2) is 5.51. The molecule has 0 bridgehead atoms. The third-order valence-corrected chi connectivity index (χ3v) is 2.64. The van der Waals surface area contributed by atoms with E-state index in [1.807, 2.05) is 18.2 Å². The van der Waals surface area contributed by atoms with Gasteiger partial charge in [0.1, 0.15) is 18.6 Å². The van der Waals surface area contributed by atoms with E-state index < -0.39 is 0 Å². The molecular weight excluding hydrogens is 236 g/mol. The summed E-state index contributed by atoms with van der Waals surface area (Å²) in [7, 11) is 0. The molecule has 0 aliphatic rings. The van der Waals surface area contributed by atoms with Crippen molar-refractivity contribution in [3.05, 3.63) is 64.7 Å². The average Bonchev–Trinajstić information content (AvgIpc) is 2.38. The first-order valence-corrected chi connectivity index (χ1v) is 5.59. The summed E-state index contributed by atoms with van der Waals surface area (Å²) in [5.74, 6) is 0.732. The van der Waals surface area contributed by atoms with E-state index in [4.69, 9.17) is 16.3 Å². The van der Waals surface area contributed by atoms with Crippen LogP contribution in [0, 0.1) is 0 Å². The molecule has 0 spiro atoms. The Labute approximate surface area is 105 Å². The van der Waals surface area contributed by atoms with E-state index in [2.05, 4.69) is 0 Å². The summed E-state index contributed by atoms with van der Waals surface area (Å²) in [6.07, 6.45) is 0.834. The normalized spacial score (nSPS) is 9.94. The van der Waals surface area contributed by atoms with Crippen molar-refractivity contribution >= 4 is 17.9 Å². The van der Waals surface area contributed by atoms with Crippen LogP contribution in [0.4, 0.5) is 0 Å². The average molecular weight is 247 g/mol. The second-order valence-corrected chi connectivity index (χ2v) is 4.00. The fraction of sp³-hybridized carbons (Fsp3) is 0.0714. The smallest absolute Gasteiger partial charge is 0.150 e. The van der Waals surface area contributed by atoms with Gasteiger partial charge in [0, 0.05) is 10.6 Å². The number of benzene rings is 2. The van der Waals surface area contributed by atoms with Gasteiger partial charge < -0.3 is 4.74 Å². The Balaban J connectivity index is 2.07. The molecule has 0 saturated heterocycles. The maximum absolute atomic E-state index is 10.8. The molecule has 0 aromatic heterocycles. The number of hydrogen-bond acceptors (Lipinski definition) is 2. The first-order valence-electron chi connectivity index (χ1n) is 5.21. The largest absolute Gasteiger partial charge is 0.489 e. The van der Waals surface area contributed by atoms with Crippen molar-refractivity contribution in [3.63, 3.8) is 0 Å². The van der Waals surface area contributed by atoms with Gasteiger partial charge in [-0.1, -0.05) is 35.9 Å². The topological polar surface area (TPSA) is 26.3 Å². The molecule has 2 aromatic rings. The first kappa shape index (κ1) is 11.7. The molecule has 0 aliphatic carbocycles. The molecule has 0 heterocycles. The predicted octanol–water partition coefficient (Wildman–Crippen LogP) is 3.73. The molecule has 0 saturated carbocycles. The third kappa shape index (κ3) is 3.08. The zero-order valence-corrected chi connectivity index (χ0v) is 9.85. The Kier molecular flexibility index (Phi) is 3.78. The van der Waals surface area contributed by atoms with Crippen molar-refractivity contribution in [3.8, 4) is 5.75 Å². The predicted molar refractivity (Wildman–Crippen MR) is 67.6 cm³/mol. The molecule has 0 atom stereocenters. The van der Waals surface area contributed by atoms with E-state index in [1.54, 1.807) is 30.3 Å². The summed E-state index contributed by atoms with van der Waals surface area (Å²) in [5, 5.41) is 0.672. The van der Waals surface area contributed by atoms with Crippen LogP contribution < -0.4 is 4.74 Å². The van der Waals surface area contributed by atoms with Crippen LogP contribution in [0.25, 0.3) is 0 Å². The van der Waals surface area contributed by atoms with Gasteiger partial charge in [0.15, 0.2) is 0 Å². The highest BCUT2D eigenvalue weighted by molar-refractivity contribution is 6.30. The lowest BCUT2D eigenvalue weighted by molar-refractivity contribution is 0.112. The van der Waals surface area contributed by atoms with Crippen molar-refractivity contribution in [1.29, 1.82) is 0 Å². The van der Waals surface area contributed by atoms with E-state index in [9.17, 15) is 4.79 Å². The number of halogens is 1. The van der Waals surface area contributed by atoms with Crippen LogP contribution in [0.2, 0.25) is 5.02 Å². The Morgan fingerprint density at radius 1 is 1.06 bits per heavy atom. The monoisotopic (exact) mass is 246 g/mol. The van der Waals surface area contributed by atoms with E-state index in [1.165, 1.54) is 0 Å². The molecule has 17 heavy (non-hydrogen) atoms. The van der Waals surface area contributed by atoms with Crippen LogP contribution in [-0.2, 0) is 6.61 Å². The van der Waals surface area contributed by atoms with Gasteiger partial charge in [-0.3, -0.25) is 4.79 Å². The molecule has 2 nitrogen and oxygen atoms in total. The highest BCUT2D eigenvalue weighted by Gasteiger charge is 2.01. The van der Waals surface area contributed by atoms with Gasteiger partial charge in [-0.25, -0.2) is 0 Å². The minimum absolute atomic E-state index is 0.372. The number of carbonyl (C=O) groups excluding carboxylic acids is 1. The maximum Gasteiger partial charge on any atom is 0.150 e. The van der Waals surface area contributed by atoms with E-state index in [0.717, 1.165) is 17.6 Å². The lowest BCUT2D eigenvalue weighted by Crippen LogP contribution is -1.99. The first-order chi connectivity index (χ1) is 8.29. The molecule has 86 valence electrons. The number of aldehydes is 1. The number of ether oxygens (including phenoxy) is 1. The van der Waals surface area contributed by atoms with Crippen LogP contribution in [0.5, 0.6) is 5.75 Å². The summed E-state index contributed by atoms with van der Waals surface area (Å²) < 4.78 is 5.57. The molecule has 0 fully saturated rings. The molecule has 0 radical (unpaired) electrons. The SMILES string of the molecule is O=Cc1ccccc1COc1ccc(Cl)cc1. The Morgan fingerprint density at radius 2 is 1.76 bits per heavy atom. The van der Waals surface area contributed by atoms with Crippen molar-refractivity contribution in [2.24, 2.45) is 0 Å². The lowest BCUT2D eigenvalue weighted by atomic mass is 10.1. The summed E-state index contributed by atoms with van der Waals surface area (Å²) in [6.45, 7) is 0.372. The summed E-state index contributed by atoms with van der Waals surface area (Å²) in [4.78, 5) is 10.8. The van der Waals surface area contributed by atoms with Gasteiger partial charge in [0.25, 0.3) is 0 Å². The van der Waals surface area contributed by atoms with Gasteiger partial charge in [-0.15, -0.1) is 0 Å².